The molecule has 7 nitrogen and oxygen atoms in total. The number of piperazine rings is 1. The molecule has 0 radical (unpaired) electrons. The number of carbonyl (C=O) groups excluding carboxylic acids is 2. The number of likely N-dealkylation sites (N-methyl/N-ethyl adjacent to an activating group) is 1. The van der Waals surface area contributed by atoms with E-state index in [-0.39, 0.29) is 23.9 Å². The molecule has 32 heavy (non-hydrogen) atoms. The summed E-state index contributed by atoms with van der Waals surface area (Å²) < 4.78 is 5.95. The maximum Gasteiger partial charge on any atom is 0.237 e. The van der Waals surface area contributed by atoms with Gasteiger partial charge in [0.25, 0.3) is 0 Å². The van der Waals surface area contributed by atoms with Gasteiger partial charge in [-0.25, -0.2) is 0 Å². The number of hydrogen-bond acceptors (Lipinski definition) is 5. The van der Waals surface area contributed by atoms with Gasteiger partial charge in [-0.2, -0.15) is 0 Å². The van der Waals surface area contributed by atoms with E-state index in [4.69, 9.17) is 4.42 Å². The van der Waals surface area contributed by atoms with Gasteiger partial charge in [0.15, 0.2) is 0 Å². The monoisotopic (exact) mass is 440 g/mol. The second kappa shape index (κ2) is 10.0. The molecule has 1 aromatic heterocycles. The summed E-state index contributed by atoms with van der Waals surface area (Å²) >= 11 is 0. The van der Waals surface area contributed by atoms with Crippen molar-refractivity contribution < 1.29 is 14.0 Å². The Bertz CT molecular complexity index is 895. The molecule has 1 aliphatic carbocycles. The predicted octanol–water partition coefficient (Wildman–Crippen LogP) is 3.02. The average molecular weight is 441 g/mol. The summed E-state index contributed by atoms with van der Waals surface area (Å²) in [4.78, 5) is 31.7. The van der Waals surface area contributed by atoms with E-state index in [2.05, 4.69) is 15.1 Å². The third kappa shape index (κ3) is 5.15. The van der Waals surface area contributed by atoms with E-state index in [1.54, 1.807) is 4.90 Å². The van der Waals surface area contributed by atoms with Crippen LogP contribution in [-0.2, 0) is 9.59 Å². The van der Waals surface area contributed by atoms with E-state index in [0.717, 1.165) is 55.8 Å². The first-order valence-corrected chi connectivity index (χ1v) is 11.9. The highest BCUT2D eigenvalue weighted by atomic mass is 16.3. The molecule has 0 bridgehead atoms. The van der Waals surface area contributed by atoms with Crippen LogP contribution in [-0.4, -0.2) is 78.4 Å². The summed E-state index contributed by atoms with van der Waals surface area (Å²) in [6.45, 7) is 7.56. The standard InChI is InChI=1S/C25H36N4O3/c1-18(23-16-20-8-4-7-11-22(20)32-23)27(3)24(30)17-28-12-14-29(15-13-28)19(2)25(31)26-21-9-5-6-10-21/h4,7-8,11,16,18-19,21H,5-6,9-10,12-15,17H2,1-3H3,(H,26,31). The molecular weight excluding hydrogens is 404 g/mol. The lowest BCUT2D eigenvalue weighted by molar-refractivity contribution is -0.134. The molecule has 2 fully saturated rings. The van der Waals surface area contributed by atoms with Crippen LogP contribution >= 0.6 is 0 Å². The molecule has 2 amide bonds. The Labute approximate surface area is 190 Å². The number of nitrogens with one attached hydrogen (secondary N) is 1. The number of amides is 2. The van der Waals surface area contributed by atoms with Crippen LogP contribution in [0.1, 0.15) is 51.3 Å². The molecule has 2 atom stereocenters. The van der Waals surface area contributed by atoms with Crippen LogP contribution < -0.4 is 5.32 Å². The van der Waals surface area contributed by atoms with Crippen molar-refractivity contribution in [1.29, 1.82) is 0 Å². The first-order chi connectivity index (χ1) is 15.4. The van der Waals surface area contributed by atoms with Gasteiger partial charge < -0.3 is 14.6 Å². The Hall–Kier alpha value is -2.38. The molecule has 4 rings (SSSR count). The number of nitrogens with zero attached hydrogens (tertiary/aromatic N) is 3. The molecule has 1 aliphatic heterocycles. The van der Waals surface area contributed by atoms with Gasteiger partial charge in [0.05, 0.1) is 18.6 Å². The lowest BCUT2D eigenvalue weighted by atomic mass is 10.1. The average Bonchev–Trinajstić information content (AvgIpc) is 3.47. The van der Waals surface area contributed by atoms with E-state index >= 15 is 0 Å². The van der Waals surface area contributed by atoms with Crippen molar-refractivity contribution in [1.82, 2.24) is 20.0 Å². The molecule has 1 saturated carbocycles. The molecular formula is C25H36N4O3. The minimum atomic E-state index is -0.129. The fraction of sp³-hybridized carbons (Fsp3) is 0.600. The molecule has 2 unspecified atom stereocenters. The number of fused-ring (bicyclic) bond motifs is 1. The Morgan fingerprint density at radius 1 is 1.12 bits per heavy atom. The van der Waals surface area contributed by atoms with Gasteiger partial charge in [-0.15, -0.1) is 0 Å². The zero-order valence-corrected chi connectivity index (χ0v) is 19.5. The fourth-order valence-corrected chi connectivity index (χ4v) is 4.78. The summed E-state index contributed by atoms with van der Waals surface area (Å²) in [6.07, 6.45) is 4.65. The molecule has 2 aromatic rings. The van der Waals surface area contributed by atoms with Crippen molar-refractivity contribution in [2.75, 3.05) is 39.8 Å². The Kier molecular flexibility index (Phi) is 7.16. The lowest BCUT2D eigenvalue weighted by Gasteiger charge is -2.38. The maximum atomic E-state index is 12.9. The predicted molar refractivity (Wildman–Crippen MR) is 125 cm³/mol. The second-order valence-corrected chi connectivity index (χ2v) is 9.35. The molecule has 7 heteroatoms. The first-order valence-electron chi connectivity index (χ1n) is 11.9. The quantitative estimate of drug-likeness (QED) is 0.717. The van der Waals surface area contributed by atoms with Crippen LogP contribution in [0.25, 0.3) is 11.0 Å². The second-order valence-electron chi connectivity index (χ2n) is 9.35. The van der Waals surface area contributed by atoms with E-state index in [9.17, 15) is 9.59 Å². The van der Waals surface area contributed by atoms with Crippen molar-refractivity contribution in [3.8, 4) is 0 Å². The SMILES string of the molecule is CC(C(=O)NC1CCCC1)N1CCN(CC(=O)N(C)C(C)c2cc3ccccc3o2)CC1. The van der Waals surface area contributed by atoms with Crippen molar-refractivity contribution in [2.24, 2.45) is 0 Å². The number of benzene rings is 1. The van der Waals surface area contributed by atoms with E-state index in [1.807, 2.05) is 51.2 Å². The molecule has 2 aliphatic rings. The normalized spacial score (nSPS) is 20.3. The Morgan fingerprint density at radius 2 is 1.81 bits per heavy atom. The molecule has 0 spiro atoms. The van der Waals surface area contributed by atoms with Gasteiger partial charge in [-0.05, 0) is 38.8 Å². The minimum Gasteiger partial charge on any atom is -0.459 e. The smallest absolute Gasteiger partial charge is 0.237 e. The van der Waals surface area contributed by atoms with Crippen LogP contribution in [0.15, 0.2) is 34.7 Å². The largest absolute Gasteiger partial charge is 0.459 e. The topological polar surface area (TPSA) is 69.0 Å². The highest BCUT2D eigenvalue weighted by Crippen LogP contribution is 2.27. The van der Waals surface area contributed by atoms with Crippen molar-refractivity contribution in [3.05, 3.63) is 36.1 Å². The highest BCUT2D eigenvalue weighted by Gasteiger charge is 2.29. The summed E-state index contributed by atoms with van der Waals surface area (Å²) in [6, 6.07) is 10.0. The summed E-state index contributed by atoms with van der Waals surface area (Å²) in [7, 11) is 1.84. The number of furan rings is 1. The maximum absolute atomic E-state index is 12.9. The zero-order chi connectivity index (χ0) is 22.7. The number of carbonyl (C=O) groups is 2. The van der Waals surface area contributed by atoms with Gasteiger partial charge in [0.2, 0.25) is 11.8 Å². The third-order valence-corrected chi connectivity index (χ3v) is 7.23. The van der Waals surface area contributed by atoms with Gasteiger partial charge in [0, 0.05) is 44.7 Å². The minimum absolute atomic E-state index is 0.0819. The summed E-state index contributed by atoms with van der Waals surface area (Å²) in [5.41, 5.74) is 0.845. The molecule has 174 valence electrons. The highest BCUT2D eigenvalue weighted by molar-refractivity contribution is 5.82. The van der Waals surface area contributed by atoms with E-state index in [0.29, 0.717) is 12.6 Å². The van der Waals surface area contributed by atoms with E-state index < -0.39 is 0 Å². The van der Waals surface area contributed by atoms with Gasteiger partial charge in [0.1, 0.15) is 11.3 Å². The van der Waals surface area contributed by atoms with Crippen molar-refractivity contribution >= 4 is 22.8 Å². The Morgan fingerprint density at radius 3 is 2.50 bits per heavy atom. The van der Waals surface area contributed by atoms with Gasteiger partial charge in [-0.1, -0.05) is 31.0 Å². The van der Waals surface area contributed by atoms with Gasteiger partial charge >= 0.3 is 0 Å². The van der Waals surface area contributed by atoms with Crippen molar-refractivity contribution in [3.63, 3.8) is 0 Å². The lowest BCUT2D eigenvalue weighted by Crippen LogP contribution is -2.55. The van der Waals surface area contributed by atoms with Crippen LogP contribution in [0.2, 0.25) is 0 Å². The summed E-state index contributed by atoms with van der Waals surface area (Å²) in [5, 5.41) is 4.26. The molecule has 1 aromatic carbocycles. The van der Waals surface area contributed by atoms with Crippen LogP contribution in [0, 0.1) is 0 Å². The van der Waals surface area contributed by atoms with Gasteiger partial charge in [-0.3, -0.25) is 19.4 Å². The van der Waals surface area contributed by atoms with Crippen LogP contribution in [0.5, 0.6) is 0 Å². The third-order valence-electron chi connectivity index (χ3n) is 7.23. The molecule has 1 N–H and O–H groups in total. The van der Waals surface area contributed by atoms with Crippen LogP contribution in [0.4, 0.5) is 0 Å². The van der Waals surface area contributed by atoms with E-state index in [1.165, 1.54) is 12.8 Å². The first kappa shape index (κ1) is 22.8. The number of para-hydroxylation sites is 1. The summed E-state index contributed by atoms with van der Waals surface area (Å²) in [5.74, 6) is 1.02. The fourth-order valence-electron chi connectivity index (χ4n) is 4.78. The number of hydrogen-bond donors (Lipinski definition) is 1. The molecule has 1 saturated heterocycles. The Balaban J connectivity index is 1.25. The number of rotatable bonds is 7. The van der Waals surface area contributed by atoms with Crippen molar-refractivity contribution in [2.45, 2.75) is 57.7 Å². The zero-order valence-electron chi connectivity index (χ0n) is 19.5. The van der Waals surface area contributed by atoms with Crippen LogP contribution in [0.3, 0.4) is 0 Å². The molecule has 2 heterocycles.